The van der Waals surface area contributed by atoms with Crippen LogP contribution in [-0.2, 0) is 4.79 Å². The number of carbonyl (C=O) groups is 1. The number of benzene rings is 1. The molecule has 0 saturated heterocycles. The number of hydrogen-bond acceptors (Lipinski definition) is 2. The van der Waals surface area contributed by atoms with Crippen LogP contribution in [0.25, 0.3) is 0 Å². The van der Waals surface area contributed by atoms with Gasteiger partial charge in [0, 0.05) is 12.5 Å². The van der Waals surface area contributed by atoms with Crippen molar-refractivity contribution in [1.29, 1.82) is 0 Å². The Morgan fingerprint density at radius 1 is 1.27 bits per heavy atom. The molecule has 0 aliphatic carbocycles. The summed E-state index contributed by atoms with van der Waals surface area (Å²) in [6, 6.07) is 10.7. The van der Waals surface area contributed by atoms with Crippen molar-refractivity contribution >= 4 is 5.78 Å². The van der Waals surface area contributed by atoms with E-state index < -0.39 is 0 Å². The third-order valence-electron chi connectivity index (χ3n) is 2.58. The molecule has 0 N–H and O–H groups in total. The van der Waals surface area contributed by atoms with E-state index in [-0.39, 0.29) is 5.78 Å². The highest BCUT2D eigenvalue weighted by molar-refractivity contribution is 5.75. The van der Waals surface area contributed by atoms with Gasteiger partial charge in [-0.15, -0.1) is 0 Å². The highest BCUT2D eigenvalue weighted by Crippen LogP contribution is 2.22. The fraction of sp³-hybridized carbons (Fsp3) is 0.462. The number of ketones is 1. The Kier molecular flexibility index (Phi) is 4.50. The normalized spacial score (nSPS) is 12.8. The molecule has 1 aromatic carbocycles. The molecule has 0 amide bonds. The molecule has 0 spiro atoms. The standard InChI is InChI=1S/C13H19NO/c1-11(15)9-10-13(14(2)3)12-7-5-4-6-8-12/h4-8,13H,9-10H2,1-3H3. The Bertz CT molecular complexity index is 306. The summed E-state index contributed by atoms with van der Waals surface area (Å²) in [4.78, 5) is 13.1. The van der Waals surface area contributed by atoms with E-state index in [1.54, 1.807) is 6.92 Å². The van der Waals surface area contributed by atoms with Gasteiger partial charge in [0.2, 0.25) is 0 Å². The van der Waals surface area contributed by atoms with Crippen molar-refractivity contribution in [1.82, 2.24) is 4.90 Å². The molecule has 1 aromatic rings. The van der Waals surface area contributed by atoms with E-state index in [9.17, 15) is 4.79 Å². The van der Waals surface area contributed by atoms with Crippen molar-refractivity contribution in [2.24, 2.45) is 0 Å². The van der Waals surface area contributed by atoms with Gasteiger partial charge >= 0.3 is 0 Å². The lowest BCUT2D eigenvalue weighted by atomic mass is 10.00. The molecule has 0 bridgehead atoms. The molecule has 15 heavy (non-hydrogen) atoms. The Morgan fingerprint density at radius 2 is 1.87 bits per heavy atom. The molecule has 0 aliphatic heterocycles. The summed E-state index contributed by atoms with van der Waals surface area (Å²) in [6.45, 7) is 1.65. The Morgan fingerprint density at radius 3 is 2.33 bits per heavy atom. The summed E-state index contributed by atoms with van der Waals surface area (Å²) < 4.78 is 0. The van der Waals surface area contributed by atoms with Crippen LogP contribution in [0, 0.1) is 0 Å². The van der Waals surface area contributed by atoms with Gasteiger partial charge in [0.1, 0.15) is 5.78 Å². The van der Waals surface area contributed by atoms with Gasteiger partial charge in [-0.1, -0.05) is 30.3 Å². The average Bonchev–Trinajstić information content (AvgIpc) is 2.18. The lowest BCUT2D eigenvalue weighted by Crippen LogP contribution is -2.20. The van der Waals surface area contributed by atoms with Crippen LogP contribution in [0.4, 0.5) is 0 Å². The predicted octanol–water partition coefficient (Wildman–Crippen LogP) is 2.66. The third kappa shape index (κ3) is 3.84. The smallest absolute Gasteiger partial charge is 0.129 e. The average molecular weight is 205 g/mol. The molecular formula is C13H19NO. The minimum atomic E-state index is 0.262. The number of Topliss-reactive ketones (excluding diaryl/α,β-unsaturated/α-hetero) is 1. The summed E-state index contributed by atoms with van der Waals surface area (Å²) in [7, 11) is 4.11. The molecule has 2 nitrogen and oxygen atoms in total. The van der Waals surface area contributed by atoms with Crippen molar-refractivity contribution in [2.75, 3.05) is 14.1 Å². The molecular weight excluding hydrogens is 186 g/mol. The van der Waals surface area contributed by atoms with E-state index in [1.807, 2.05) is 18.2 Å². The third-order valence-corrected chi connectivity index (χ3v) is 2.58. The van der Waals surface area contributed by atoms with Gasteiger partial charge in [-0.25, -0.2) is 0 Å². The molecule has 0 radical (unpaired) electrons. The van der Waals surface area contributed by atoms with Crippen LogP contribution in [0.15, 0.2) is 30.3 Å². The maximum Gasteiger partial charge on any atom is 0.129 e. The molecule has 2 heteroatoms. The zero-order chi connectivity index (χ0) is 11.3. The van der Waals surface area contributed by atoms with Crippen LogP contribution in [0.3, 0.4) is 0 Å². The number of nitrogens with zero attached hydrogens (tertiary/aromatic N) is 1. The first-order valence-electron chi connectivity index (χ1n) is 5.32. The first-order chi connectivity index (χ1) is 7.11. The van der Waals surface area contributed by atoms with Gasteiger partial charge in [-0.3, -0.25) is 0 Å². The molecule has 1 rings (SSSR count). The fourth-order valence-electron chi connectivity index (χ4n) is 1.74. The molecule has 0 aliphatic rings. The van der Waals surface area contributed by atoms with Crippen LogP contribution < -0.4 is 0 Å². The summed E-state index contributed by atoms with van der Waals surface area (Å²) in [5.74, 6) is 0.262. The van der Waals surface area contributed by atoms with E-state index in [4.69, 9.17) is 0 Å². The number of hydrogen-bond donors (Lipinski definition) is 0. The van der Waals surface area contributed by atoms with Crippen molar-refractivity contribution in [2.45, 2.75) is 25.8 Å². The SMILES string of the molecule is CC(=O)CCC(c1ccccc1)N(C)C. The zero-order valence-corrected chi connectivity index (χ0v) is 9.73. The molecule has 0 saturated carbocycles. The van der Waals surface area contributed by atoms with Gasteiger partial charge < -0.3 is 9.69 Å². The van der Waals surface area contributed by atoms with Crippen molar-refractivity contribution in [3.05, 3.63) is 35.9 Å². The van der Waals surface area contributed by atoms with E-state index in [2.05, 4.69) is 31.1 Å². The lowest BCUT2D eigenvalue weighted by molar-refractivity contribution is -0.117. The minimum absolute atomic E-state index is 0.262. The van der Waals surface area contributed by atoms with Crippen LogP contribution >= 0.6 is 0 Å². The fourth-order valence-corrected chi connectivity index (χ4v) is 1.74. The predicted molar refractivity (Wildman–Crippen MR) is 62.8 cm³/mol. The summed E-state index contributed by atoms with van der Waals surface area (Å²) >= 11 is 0. The second-order valence-electron chi connectivity index (χ2n) is 4.13. The number of carbonyl (C=O) groups excluding carboxylic acids is 1. The first-order valence-corrected chi connectivity index (χ1v) is 5.32. The molecule has 0 heterocycles. The maximum absolute atomic E-state index is 11.0. The Labute approximate surface area is 91.9 Å². The van der Waals surface area contributed by atoms with Crippen molar-refractivity contribution < 1.29 is 4.79 Å². The first kappa shape index (κ1) is 11.9. The van der Waals surface area contributed by atoms with E-state index in [0.717, 1.165) is 6.42 Å². The Hall–Kier alpha value is -1.15. The highest BCUT2D eigenvalue weighted by atomic mass is 16.1. The minimum Gasteiger partial charge on any atom is -0.302 e. The Balaban J connectivity index is 2.70. The topological polar surface area (TPSA) is 20.3 Å². The summed E-state index contributed by atoms with van der Waals surface area (Å²) in [5, 5.41) is 0. The second kappa shape index (κ2) is 5.66. The van der Waals surface area contributed by atoms with E-state index in [1.165, 1.54) is 5.56 Å². The van der Waals surface area contributed by atoms with Gasteiger partial charge in [-0.2, -0.15) is 0 Å². The van der Waals surface area contributed by atoms with Crippen LogP contribution in [-0.4, -0.2) is 24.8 Å². The van der Waals surface area contributed by atoms with Gasteiger partial charge in [0.25, 0.3) is 0 Å². The van der Waals surface area contributed by atoms with Crippen LogP contribution in [0.1, 0.15) is 31.4 Å². The van der Waals surface area contributed by atoms with Gasteiger partial charge in [0.05, 0.1) is 0 Å². The van der Waals surface area contributed by atoms with Crippen molar-refractivity contribution in [3.63, 3.8) is 0 Å². The lowest BCUT2D eigenvalue weighted by Gasteiger charge is -2.24. The highest BCUT2D eigenvalue weighted by Gasteiger charge is 2.13. The van der Waals surface area contributed by atoms with Gasteiger partial charge in [0.15, 0.2) is 0 Å². The summed E-state index contributed by atoms with van der Waals surface area (Å²) in [6.07, 6.45) is 1.55. The number of rotatable bonds is 5. The van der Waals surface area contributed by atoms with Crippen LogP contribution in [0.5, 0.6) is 0 Å². The van der Waals surface area contributed by atoms with E-state index >= 15 is 0 Å². The molecule has 1 unspecified atom stereocenters. The van der Waals surface area contributed by atoms with E-state index in [0.29, 0.717) is 12.5 Å². The molecule has 0 aromatic heterocycles. The quantitative estimate of drug-likeness (QED) is 0.736. The van der Waals surface area contributed by atoms with Gasteiger partial charge in [-0.05, 0) is 33.0 Å². The van der Waals surface area contributed by atoms with Crippen LogP contribution in [0.2, 0.25) is 0 Å². The largest absolute Gasteiger partial charge is 0.302 e. The van der Waals surface area contributed by atoms with Crippen molar-refractivity contribution in [3.8, 4) is 0 Å². The zero-order valence-electron chi connectivity index (χ0n) is 9.73. The molecule has 1 atom stereocenters. The molecule has 82 valence electrons. The summed E-state index contributed by atoms with van der Waals surface area (Å²) in [5.41, 5.74) is 1.28. The second-order valence-corrected chi connectivity index (χ2v) is 4.13. The monoisotopic (exact) mass is 205 g/mol. The molecule has 0 fully saturated rings. The maximum atomic E-state index is 11.0.